The fourth-order valence-electron chi connectivity index (χ4n) is 2.51. The summed E-state index contributed by atoms with van der Waals surface area (Å²) in [4.78, 5) is 27.4. The SMILES string of the molecule is CN(CCn1c(=O)[nH]c(Cl)c(F)c1=O)C1CCCC1. The summed E-state index contributed by atoms with van der Waals surface area (Å²) in [5.74, 6) is -1.11. The highest BCUT2D eigenvalue weighted by Crippen LogP contribution is 2.21. The summed E-state index contributed by atoms with van der Waals surface area (Å²) in [6.07, 6.45) is 4.70. The highest BCUT2D eigenvalue weighted by Gasteiger charge is 2.20. The molecule has 0 unspecified atom stereocenters. The van der Waals surface area contributed by atoms with Gasteiger partial charge in [0.05, 0.1) is 0 Å². The van der Waals surface area contributed by atoms with Crippen molar-refractivity contribution in [1.82, 2.24) is 14.5 Å². The summed E-state index contributed by atoms with van der Waals surface area (Å²) in [6, 6.07) is 0.493. The molecule has 0 bridgehead atoms. The van der Waals surface area contributed by atoms with Gasteiger partial charge in [-0.3, -0.25) is 14.3 Å². The highest BCUT2D eigenvalue weighted by atomic mass is 35.5. The van der Waals surface area contributed by atoms with Crippen LogP contribution in [0.5, 0.6) is 0 Å². The van der Waals surface area contributed by atoms with Gasteiger partial charge in [0.1, 0.15) is 0 Å². The van der Waals surface area contributed by atoms with E-state index in [0.29, 0.717) is 12.6 Å². The minimum atomic E-state index is -1.11. The minimum Gasteiger partial charge on any atom is -0.302 e. The van der Waals surface area contributed by atoms with Crippen molar-refractivity contribution in [1.29, 1.82) is 0 Å². The van der Waals surface area contributed by atoms with Crippen LogP contribution in [0.15, 0.2) is 9.59 Å². The van der Waals surface area contributed by atoms with Gasteiger partial charge in [0.2, 0.25) is 5.82 Å². The molecule has 1 saturated carbocycles. The smallest absolute Gasteiger partial charge is 0.302 e. The molecule has 0 saturated heterocycles. The average molecular weight is 290 g/mol. The zero-order chi connectivity index (χ0) is 14.0. The van der Waals surface area contributed by atoms with Crippen LogP contribution in [0.2, 0.25) is 5.15 Å². The first kappa shape index (κ1) is 14.3. The summed E-state index contributed by atoms with van der Waals surface area (Å²) in [5, 5.41) is -0.532. The van der Waals surface area contributed by atoms with E-state index in [-0.39, 0.29) is 6.54 Å². The van der Waals surface area contributed by atoms with Gasteiger partial charge in [-0.1, -0.05) is 24.4 Å². The van der Waals surface area contributed by atoms with Crippen molar-refractivity contribution >= 4 is 11.6 Å². The van der Waals surface area contributed by atoms with Crippen molar-refractivity contribution in [3.63, 3.8) is 0 Å². The van der Waals surface area contributed by atoms with Gasteiger partial charge < -0.3 is 4.90 Å². The van der Waals surface area contributed by atoms with Crippen LogP contribution in [-0.4, -0.2) is 34.1 Å². The molecule has 1 heterocycles. The normalized spacial score (nSPS) is 16.4. The van der Waals surface area contributed by atoms with Crippen molar-refractivity contribution in [2.75, 3.05) is 13.6 Å². The molecule has 1 aromatic rings. The Morgan fingerprint density at radius 3 is 2.68 bits per heavy atom. The third-order valence-electron chi connectivity index (χ3n) is 3.71. The predicted molar refractivity (Wildman–Crippen MR) is 71.2 cm³/mol. The topological polar surface area (TPSA) is 58.1 Å². The molecule has 1 N–H and O–H groups in total. The maximum Gasteiger partial charge on any atom is 0.329 e. The van der Waals surface area contributed by atoms with Crippen LogP contribution < -0.4 is 11.2 Å². The number of nitrogens with one attached hydrogen (secondary N) is 1. The van der Waals surface area contributed by atoms with Crippen LogP contribution in [-0.2, 0) is 6.54 Å². The van der Waals surface area contributed by atoms with E-state index < -0.39 is 22.2 Å². The number of likely N-dealkylation sites (N-methyl/N-ethyl adjacent to an activating group) is 1. The van der Waals surface area contributed by atoms with Crippen LogP contribution in [0, 0.1) is 5.82 Å². The molecule has 106 valence electrons. The number of hydrogen-bond donors (Lipinski definition) is 1. The largest absolute Gasteiger partial charge is 0.329 e. The molecular formula is C12H17ClFN3O2. The fourth-order valence-corrected chi connectivity index (χ4v) is 2.67. The summed E-state index contributed by atoms with van der Waals surface area (Å²) in [6.45, 7) is 0.698. The van der Waals surface area contributed by atoms with Gasteiger partial charge in [0.15, 0.2) is 5.15 Å². The quantitative estimate of drug-likeness (QED) is 0.848. The van der Waals surface area contributed by atoms with Crippen molar-refractivity contribution in [2.45, 2.75) is 38.3 Å². The number of halogens is 2. The zero-order valence-electron chi connectivity index (χ0n) is 10.8. The van der Waals surface area contributed by atoms with Crippen molar-refractivity contribution in [2.24, 2.45) is 0 Å². The molecule has 1 aliphatic carbocycles. The van der Waals surface area contributed by atoms with E-state index in [1.807, 2.05) is 7.05 Å². The van der Waals surface area contributed by atoms with Gasteiger partial charge >= 0.3 is 5.69 Å². The van der Waals surface area contributed by atoms with Gasteiger partial charge in [-0.05, 0) is 19.9 Å². The number of nitrogens with zero attached hydrogens (tertiary/aromatic N) is 2. The molecular weight excluding hydrogens is 273 g/mol. The van der Waals surface area contributed by atoms with Crippen LogP contribution in [0.4, 0.5) is 4.39 Å². The Balaban J connectivity index is 2.09. The molecule has 0 aromatic carbocycles. The summed E-state index contributed by atoms with van der Waals surface area (Å²) >= 11 is 5.40. The third kappa shape index (κ3) is 3.06. The van der Waals surface area contributed by atoms with E-state index in [1.54, 1.807) is 0 Å². The summed E-state index contributed by atoms with van der Waals surface area (Å²) < 4.78 is 14.2. The van der Waals surface area contributed by atoms with E-state index in [2.05, 4.69) is 9.88 Å². The monoisotopic (exact) mass is 289 g/mol. The third-order valence-corrected chi connectivity index (χ3v) is 3.97. The molecule has 0 atom stereocenters. The van der Waals surface area contributed by atoms with Crippen LogP contribution in [0.1, 0.15) is 25.7 Å². The average Bonchev–Trinajstić information content (AvgIpc) is 2.89. The molecule has 0 spiro atoms. The van der Waals surface area contributed by atoms with Crippen LogP contribution in [0.25, 0.3) is 0 Å². The van der Waals surface area contributed by atoms with E-state index in [9.17, 15) is 14.0 Å². The lowest BCUT2D eigenvalue weighted by Crippen LogP contribution is -2.41. The minimum absolute atomic E-state index is 0.162. The molecule has 1 aromatic heterocycles. The van der Waals surface area contributed by atoms with Gasteiger partial charge in [0.25, 0.3) is 5.56 Å². The van der Waals surface area contributed by atoms with E-state index in [4.69, 9.17) is 11.6 Å². The lowest BCUT2D eigenvalue weighted by atomic mass is 10.2. The Hall–Kier alpha value is -1.14. The first-order valence-electron chi connectivity index (χ1n) is 6.39. The first-order chi connectivity index (χ1) is 9.00. The second-order valence-electron chi connectivity index (χ2n) is 4.93. The Morgan fingerprint density at radius 1 is 1.42 bits per heavy atom. The molecule has 5 nitrogen and oxygen atoms in total. The molecule has 1 fully saturated rings. The van der Waals surface area contributed by atoms with E-state index in [0.717, 1.165) is 17.4 Å². The molecule has 1 aliphatic rings. The van der Waals surface area contributed by atoms with Gasteiger partial charge in [-0.25, -0.2) is 4.79 Å². The molecule has 2 rings (SSSR count). The van der Waals surface area contributed by atoms with Gasteiger partial charge in [-0.2, -0.15) is 4.39 Å². The maximum absolute atomic E-state index is 13.3. The second-order valence-corrected chi connectivity index (χ2v) is 5.31. The Bertz CT molecular complexity index is 563. The summed E-state index contributed by atoms with van der Waals surface area (Å²) in [5.41, 5.74) is -1.63. The second kappa shape index (κ2) is 5.88. The molecule has 7 heteroatoms. The van der Waals surface area contributed by atoms with Crippen LogP contribution >= 0.6 is 11.6 Å². The molecule has 0 aliphatic heterocycles. The molecule has 0 amide bonds. The number of hydrogen-bond acceptors (Lipinski definition) is 3. The fraction of sp³-hybridized carbons (Fsp3) is 0.667. The Kier molecular flexibility index (Phi) is 4.42. The standard InChI is InChI=1S/C12H17ClFN3O2/c1-16(8-4-2-3-5-8)6-7-17-11(18)9(14)10(13)15-12(17)19/h8H,2-7H2,1H3,(H,15,19). The van der Waals surface area contributed by atoms with Crippen molar-refractivity contribution < 1.29 is 4.39 Å². The lowest BCUT2D eigenvalue weighted by Gasteiger charge is -2.23. The number of aromatic amines is 1. The van der Waals surface area contributed by atoms with Crippen molar-refractivity contribution in [3.05, 3.63) is 31.8 Å². The van der Waals surface area contributed by atoms with Gasteiger partial charge in [-0.15, -0.1) is 0 Å². The number of rotatable bonds is 4. The predicted octanol–water partition coefficient (Wildman–Crippen LogP) is 1.20. The number of H-pyrrole nitrogens is 1. The maximum atomic E-state index is 13.3. The number of aromatic nitrogens is 2. The zero-order valence-corrected chi connectivity index (χ0v) is 11.5. The Labute approximate surface area is 115 Å². The van der Waals surface area contributed by atoms with E-state index >= 15 is 0 Å². The van der Waals surface area contributed by atoms with Crippen molar-refractivity contribution in [3.8, 4) is 0 Å². The van der Waals surface area contributed by atoms with E-state index in [1.165, 1.54) is 12.8 Å². The molecule has 0 radical (unpaired) electrons. The first-order valence-corrected chi connectivity index (χ1v) is 6.77. The lowest BCUT2D eigenvalue weighted by molar-refractivity contribution is 0.233. The molecule has 19 heavy (non-hydrogen) atoms. The summed E-state index contributed by atoms with van der Waals surface area (Å²) in [7, 11) is 1.96. The van der Waals surface area contributed by atoms with Gasteiger partial charge in [0, 0.05) is 19.1 Å². The highest BCUT2D eigenvalue weighted by molar-refractivity contribution is 6.29. The Morgan fingerprint density at radius 2 is 2.05 bits per heavy atom. The van der Waals surface area contributed by atoms with Crippen LogP contribution in [0.3, 0.4) is 0 Å².